The van der Waals surface area contributed by atoms with E-state index in [0.717, 1.165) is 12.4 Å². The maximum atomic E-state index is 12.7. The van der Waals surface area contributed by atoms with Gasteiger partial charge in [0.15, 0.2) is 5.82 Å². The number of amides is 1. The molecule has 20 heavy (non-hydrogen) atoms. The van der Waals surface area contributed by atoms with Gasteiger partial charge in [-0.15, -0.1) is 0 Å². The van der Waals surface area contributed by atoms with Crippen LogP contribution in [0, 0.1) is 5.82 Å². The fourth-order valence-corrected chi connectivity index (χ4v) is 1.83. The molecule has 1 aromatic rings. The smallest absolute Gasteiger partial charge is 0.410 e. The van der Waals surface area contributed by atoms with E-state index in [1.165, 1.54) is 0 Å². The predicted octanol–water partition coefficient (Wildman–Crippen LogP) is 2.00. The number of aromatic nitrogens is 2. The summed E-state index contributed by atoms with van der Waals surface area (Å²) in [6.45, 7) is 6.43. The molecule has 0 N–H and O–H groups in total. The van der Waals surface area contributed by atoms with Crippen LogP contribution in [0.25, 0.3) is 0 Å². The fraction of sp³-hybridized carbons (Fsp3) is 0.615. The second-order valence-corrected chi connectivity index (χ2v) is 5.64. The molecule has 1 aliphatic heterocycles. The van der Waals surface area contributed by atoms with Gasteiger partial charge in [-0.3, -0.25) is 0 Å². The van der Waals surface area contributed by atoms with Gasteiger partial charge in [0.05, 0.1) is 18.9 Å². The Labute approximate surface area is 116 Å². The highest BCUT2D eigenvalue weighted by Gasteiger charge is 2.31. The summed E-state index contributed by atoms with van der Waals surface area (Å²) in [6, 6.07) is 0.113. The molecule has 2 heterocycles. The number of halogens is 1. The first-order valence-electron chi connectivity index (χ1n) is 6.45. The van der Waals surface area contributed by atoms with Gasteiger partial charge in [-0.05, 0) is 20.8 Å². The molecule has 1 fully saturated rings. The lowest BCUT2D eigenvalue weighted by atomic mass is 10.2. The molecular formula is C13H18FN3O3. The van der Waals surface area contributed by atoms with Gasteiger partial charge in [-0.2, -0.15) is 0 Å². The fourth-order valence-electron chi connectivity index (χ4n) is 1.83. The van der Waals surface area contributed by atoms with E-state index in [9.17, 15) is 9.18 Å². The molecule has 1 saturated heterocycles. The largest absolute Gasteiger partial charge is 0.458 e. The molecule has 1 aromatic heterocycles. The highest BCUT2D eigenvalue weighted by atomic mass is 19.1. The molecule has 0 unspecified atom stereocenters. The highest BCUT2D eigenvalue weighted by Crippen LogP contribution is 2.18. The van der Waals surface area contributed by atoms with Gasteiger partial charge < -0.3 is 14.4 Å². The third kappa shape index (κ3) is 4.04. The monoisotopic (exact) mass is 283 g/mol. The molecule has 0 bridgehead atoms. The van der Waals surface area contributed by atoms with Crippen molar-refractivity contribution in [1.82, 2.24) is 14.9 Å². The van der Waals surface area contributed by atoms with Crippen LogP contribution in [0.4, 0.5) is 9.18 Å². The SMILES string of the molecule is CC(C)(C)OC(=O)N1CC[C@@H](Oc2ncc(F)cn2)C1. The molecule has 2 rings (SSSR count). The average Bonchev–Trinajstić information content (AvgIpc) is 2.79. The summed E-state index contributed by atoms with van der Waals surface area (Å²) in [7, 11) is 0. The highest BCUT2D eigenvalue weighted by molar-refractivity contribution is 5.68. The maximum absolute atomic E-state index is 12.7. The van der Waals surface area contributed by atoms with Gasteiger partial charge in [0.25, 0.3) is 0 Å². The summed E-state index contributed by atoms with van der Waals surface area (Å²) in [5.74, 6) is -0.515. The number of carbonyl (C=O) groups excluding carboxylic acids is 1. The molecule has 110 valence electrons. The minimum absolute atomic E-state index is 0.113. The van der Waals surface area contributed by atoms with E-state index < -0.39 is 11.4 Å². The number of rotatable bonds is 2. The number of nitrogens with zero attached hydrogens (tertiary/aromatic N) is 3. The van der Waals surface area contributed by atoms with Crippen LogP contribution in [0.3, 0.4) is 0 Å². The van der Waals surface area contributed by atoms with E-state index in [-0.39, 0.29) is 18.2 Å². The van der Waals surface area contributed by atoms with Crippen molar-refractivity contribution in [3.8, 4) is 6.01 Å². The average molecular weight is 283 g/mol. The number of hydrogen-bond donors (Lipinski definition) is 0. The van der Waals surface area contributed by atoms with E-state index >= 15 is 0 Å². The molecule has 0 radical (unpaired) electrons. The van der Waals surface area contributed by atoms with E-state index in [1.807, 2.05) is 20.8 Å². The lowest BCUT2D eigenvalue weighted by Crippen LogP contribution is -2.36. The van der Waals surface area contributed by atoms with Crippen LogP contribution in [0.15, 0.2) is 12.4 Å². The normalized spacial score (nSPS) is 19.0. The van der Waals surface area contributed by atoms with Gasteiger partial charge in [0.2, 0.25) is 0 Å². The second kappa shape index (κ2) is 5.60. The third-order valence-electron chi connectivity index (χ3n) is 2.67. The predicted molar refractivity (Wildman–Crippen MR) is 68.8 cm³/mol. The van der Waals surface area contributed by atoms with Crippen molar-refractivity contribution in [2.45, 2.75) is 38.9 Å². The van der Waals surface area contributed by atoms with E-state index in [0.29, 0.717) is 19.5 Å². The Morgan fingerprint density at radius 2 is 2.05 bits per heavy atom. The lowest BCUT2D eigenvalue weighted by molar-refractivity contribution is 0.0274. The Kier molecular flexibility index (Phi) is 4.06. The molecule has 6 nitrogen and oxygen atoms in total. The summed E-state index contributed by atoms with van der Waals surface area (Å²) in [5.41, 5.74) is -0.518. The van der Waals surface area contributed by atoms with Crippen LogP contribution in [0.5, 0.6) is 6.01 Å². The Morgan fingerprint density at radius 3 is 2.65 bits per heavy atom. The lowest BCUT2D eigenvalue weighted by Gasteiger charge is -2.24. The molecular weight excluding hydrogens is 265 g/mol. The van der Waals surface area contributed by atoms with Crippen molar-refractivity contribution in [2.24, 2.45) is 0 Å². The van der Waals surface area contributed by atoms with Crippen LogP contribution < -0.4 is 4.74 Å². The Bertz CT molecular complexity index is 473. The molecule has 7 heteroatoms. The maximum Gasteiger partial charge on any atom is 0.410 e. The van der Waals surface area contributed by atoms with Crippen LogP contribution in [0.1, 0.15) is 27.2 Å². The minimum atomic E-state index is -0.518. The van der Waals surface area contributed by atoms with Crippen molar-refractivity contribution >= 4 is 6.09 Å². The summed E-state index contributed by atoms with van der Waals surface area (Å²) >= 11 is 0. The summed E-state index contributed by atoms with van der Waals surface area (Å²) < 4.78 is 23.5. The summed E-state index contributed by atoms with van der Waals surface area (Å²) in [4.78, 5) is 20.9. The van der Waals surface area contributed by atoms with Gasteiger partial charge >= 0.3 is 12.1 Å². The topological polar surface area (TPSA) is 64.5 Å². The van der Waals surface area contributed by atoms with Crippen molar-refractivity contribution in [1.29, 1.82) is 0 Å². The number of likely N-dealkylation sites (tertiary alicyclic amines) is 1. The first-order chi connectivity index (χ1) is 9.33. The molecule has 1 atom stereocenters. The standard InChI is InChI=1S/C13H18FN3O3/c1-13(2,3)20-12(18)17-5-4-10(8-17)19-11-15-6-9(14)7-16-11/h6-7,10H,4-5,8H2,1-3H3/t10-/m1/s1. The Balaban J connectivity index is 1.86. The van der Waals surface area contributed by atoms with E-state index in [2.05, 4.69) is 9.97 Å². The van der Waals surface area contributed by atoms with Crippen LogP contribution in [-0.2, 0) is 4.74 Å². The number of ether oxygens (including phenoxy) is 2. The van der Waals surface area contributed by atoms with Crippen molar-refractivity contribution < 1.29 is 18.7 Å². The number of hydrogen-bond acceptors (Lipinski definition) is 5. The Hall–Kier alpha value is -1.92. The zero-order valence-corrected chi connectivity index (χ0v) is 11.8. The molecule has 1 aliphatic rings. The summed E-state index contributed by atoms with van der Waals surface area (Å²) in [6.07, 6.45) is 2.20. The van der Waals surface area contributed by atoms with Crippen LogP contribution in [-0.4, -0.2) is 45.8 Å². The van der Waals surface area contributed by atoms with Crippen molar-refractivity contribution in [2.75, 3.05) is 13.1 Å². The second-order valence-electron chi connectivity index (χ2n) is 5.64. The molecule has 0 aromatic carbocycles. The van der Waals surface area contributed by atoms with Crippen LogP contribution >= 0.6 is 0 Å². The molecule has 1 amide bonds. The number of carbonyl (C=O) groups is 1. The third-order valence-corrected chi connectivity index (χ3v) is 2.67. The quantitative estimate of drug-likeness (QED) is 0.830. The van der Waals surface area contributed by atoms with E-state index in [1.54, 1.807) is 4.90 Å². The van der Waals surface area contributed by atoms with Crippen LogP contribution in [0.2, 0.25) is 0 Å². The first-order valence-corrected chi connectivity index (χ1v) is 6.45. The Morgan fingerprint density at radius 1 is 1.40 bits per heavy atom. The molecule has 0 aliphatic carbocycles. The minimum Gasteiger partial charge on any atom is -0.458 e. The van der Waals surface area contributed by atoms with Gasteiger partial charge in [-0.1, -0.05) is 0 Å². The first kappa shape index (κ1) is 14.5. The van der Waals surface area contributed by atoms with Gasteiger partial charge in [-0.25, -0.2) is 19.2 Å². The van der Waals surface area contributed by atoms with Gasteiger partial charge in [0, 0.05) is 13.0 Å². The summed E-state index contributed by atoms with van der Waals surface area (Å²) in [5, 5.41) is 0. The van der Waals surface area contributed by atoms with E-state index in [4.69, 9.17) is 9.47 Å². The van der Waals surface area contributed by atoms with Crippen molar-refractivity contribution in [3.63, 3.8) is 0 Å². The van der Waals surface area contributed by atoms with Gasteiger partial charge in [0.1, 0.15) is 11.7 Å². The van der Waals surface area contributed by atoms with Crippen molar-refractivity contribution in [3.05, 3.63) is 18.2 Å². The molecule has 0 saturated carbocycles. The molecule has 0 spiro atoms. The zero-order chi connectivity index (χ0) is 14.8. The zero-order valence-electron chi connectivity index (χ0n) is 11.8.